The van der Waals surface area contributed by atoms with Gasteiger partial charge >= 0.3 is 5.97 Å². The summed E-state index contributed by atoms with van der Waals surface area (Å²) in [6.07, 6.45) is 1.89. The van der Waals surface area contributed by atoms with Crippen molar-refractivity contribution >= 4 is 11.9 Å². The van der Waals surface area contributed by atoms with Crippen LogP contribution in [0.5, 0.6) is 5.75 Å². The number of hydrogen-bond donors (Lipinski definition) is 1. The van der Waals surface area contributed by atoms with Crippen LogP contribution in [-0.2, 0) is 12.9 Å². The highest BCUT2D eigenvalue weighted by Gasteiger charge is 2.21. The number of para-hydroxylation sites is 1. The summed E-state index contributed by atoms with van der Waals surface area (Å²) >= 11 is 0. The Labute approximate surface area is 204 Å². The summed E-state index contributed by atoms with van der Waals surface area (Å²) in [4.78, 5) is 25.9. The first-order chi connectivity index (χ1) is 17.3. The zero-order chi connectivity index (χ0) is 25.7. The summed E-state index contributed by atoms with van der Waals surface area (Å²) in [7, 11) is 0. The number of nitrogens with zero attached hydrogens (tertiary/aromatic N) is 2. The summed E-state index contributed by atoms with van der Waals surface area (Å²) in [5, 5.41) is 12.5. The number of amides is 1. The molecule has 1 N–H and O–H groups in total. The number of aromatic nitrogens is 1. The molecule has 0 spiro atoms. The summed E-state index contributed by atoms with van der Waals surface area (Å²) < 4.78 is 25.3. The summed E-state index contributed by atoms with van der Waals surface area (Å²) in [5.74, 6) is 0.117. The molecule has 35 heavy (non-hydrogen) atoms. The van der Waals surface area contributed by atoms with Crippen LogP contribution in [-0.4, -0.2) is 39.7 Å². The highest BCUT2D eigenvalue weighted by Crippen LogP contribution is 2.24. The number of ether oxygens (including phenoxy) is 1. The number of carbonyl (C=O) groups excluding carboxylic acids is 1. The summed E-state index contributed by atoms with van der Waals surface area (Å²) in [5.41, 5.74) is 1.70. The van der Waals surface area contributed by atoms with E-state index in [0.717, 1.165) is 5.56 Å². The van der Waals surface area contributed by atoms with E-state index in [4.69, 9.17) is 20.2 Å². The van der Waals surface area contributed by atoms with Gasteiger partial charge in [0.15, 0.2) is 5.69 Å². The Morgan fingerprint density at radius 3 is 2.54 bits per heavy atom. The van der Waals surface area contributed by atoms with Gasteiger partial charge in [-0.2, -0.15) is 0 Å². The predicted octanol–water partition coefficient (Wildman–Crippen LogP) is 5.31. The van der Waals surface area contributed by atoms with Crippen LogP contribution >= 0.6 is 0 Å². The van der Waals surface area contributed by atoms with E-state index in [0.29, 0.717) is 34.8 Å². The third-order valence-electron chi connectivity index (χ3n) is 5.31. The Morgan fingerprint density at radius 2 is 1.89 bits per heavy atom. The lowest BCUT2D eigenvalue weighted by atomic mass is 10.1. The Hall–Kier alpha value is -4.33. The molecule has 0 radical (unpaired) electrons. The van der Waals surface area contributed by atoms with Crippen LogP contribution in [0.25, 0.3) is 11.3 Å². The number of rotatable bonds is 10. The van der Waals surface area contributed by atoms with Gasteiger partial charge in [-0.05, 0) is 44.2 Å². The van der Waals surface area contributed by atoms with Gasteiger partial charge in [-0.3, -0.25) is 4.79 Å². The molecule has 0 aliphatic carbocycles. The molecule has 1 atom stereocenters. The standard InChI is InChI=1S/C27H26N2O6/c1-18(2)29(26(30)20-11-9-19(10-12-20)24-8-5-14-33-24)17-21-6-3-4-7-25(21)34-15-13-22-16-23(27(31)32)28-35-22/h3-12,14,16,18H,13,15,17H2,1-2H3,(H,31,32)/i17D. The van der Waals surface area contributed by atoms with Gasteiger partial charge in [0.2, 0.25) is 0 Å². The second-order valence-corrected chi connectivity index (χ2v) is 8.11. The van der Waals surface area contributed by atoms with Gasteiger partial charge in [0.25, 0.3) is 5.91 Å². The molecule has 2 aromatic heterocycles. The number of benzene rings is 2. The van der Waals surface area contributed by atoms with Crippen LogP contribution in [0.4, 0.5) is 0 Å². The van der Waals surface area contributed by atoms with Crippen LogP contribution in [0.1, 0.15) is 47.4 Å². The lowest BCUT2D eigenvalue weighted by molar-refractivity contribution is 0.0678. The van der Waals surface area contributed by atoms with Crippen molar-refractivity contribution < 1.29 is 29.7 Å². The first-order valence-electron chi connectivity index (χ1n) is 11.7. The molecule has 2 heterocycles. The second kappa shape index (κ2) is 10.7. The minimum atomic E-state index is -1.16. The van der Waals surface area contributed by atoms with E-state index in [1.165, 1.54) is 11.0 Å². The van der Waals surface area contributed by atoms with Crippen LogP contribution in [0.2, 0.25) is 0 Å². The normalized spacial score (nSPS) is 12.3. The molecule has 1 unspecified atom stereocenters. The van der Waals surface area contributed by atoms with Crippen LogP contribution in [0, 0.1) is 0 Å². The van der Waals surface area contributed by atoms with Crippen molar-refractivity contribution in [3.05, 3.63) is 95.6 Å². The molecule has 8 nitrogen and oxygen atoms in total. The van der Waals surface area contributed by atoms with E-state index in [1.54, 1.807) is 48.7 Å². The van der Waals surface area contributed by atoms with E-state index < -0.39 is 12.5 Å². The van der Waals surface area contributed by atoms with Crippen molar-refractivity contribution in [3.8, 4) is 17.1 Å². The maximum atomic E-state index is 13.4. The van der Waals surface area contributed by atoms with Gasteiger partial charge in [-0.25, -0.2) is 4.79 Å². The van der Waals surface area contributed by atoms with Crippen molar-refractivity contribution in [2.75, 3.05) is 6.61 Å². The molecule has 0 saturated carbocycles. The summed E-state index contributed by atoms with van der Waals surface area (Å²) in [6.45, 7) is 2.90. The third-order valence-corrected chi connectivity index (χ3v) is 5.31. The molecule has 4 rings (SSSR count). The van der Waals surface area contributed by atoms with Crippen LogP contribution in [0.15, 0.2) is 81.9 Å². The monoisotopic (exact) mass is 475 g/mol. The van der Waals surface area contributed by atoms with Gasteiger partial charge in [-0.1, -0.05) is 35.5 Å². The van der Waals surface area contributed by atoms with Crippen LogP contribution in [0.3, 0.4) is 0 Å². The Morgan fingerprint density at radius 1 is 1.11 bits per heavy atom. The molecule has 8 heteroatoms. The number of aromatic carboxylic acids is 1. The number of furan rings is 1. The molecule has 1 amide bonds. The minimum absolute atomic E-state index is 0.167. The lowest BCUT2D eigenvalue weighted by Gasteiger charge is -2.28. The number of hydrogen-bond acceptors (Lipinski definition) is 6. The largest absolute Gasteiger partial charge is 0.493 e. The van der Waals surface area contributed by atoms with Crippen LogP contribution < -0.4 is 4.74 Å². The van der Waals surface area contributed by atoms with E-state index in [9.17, 15) is 9.59 Å². The number of carbonyl (C=O) groups is 2. The lowest BCUT2D eigenvalue weighted by Crippen LogP contribution is -2.36. The molecule has 0 aliphatic rings. The zero-order valence-electron chi connectivity index (χ0n) is 20.4. The molecule has 4 aromatic rings. The van der Waals surface area contributed by atoms with E-state index in [-0.39, 0.29) is 24.2 Å². The van der Waals surface area contributed by atoms with Crippen molar-refractivity contribution in [1.82, 2.24) is 10.1 Å². The molecule has 0 saturated heterocycles. The molecule has 180 valence electrons. The highest BCUT2D eigenvalue weighted by atomic mass is 16.5. The minimum Gasteiger partial charge on any atom is -0.493 e. The fraction of sp³-hybridized carbons (Fsp3) is 0.222. The molecule has 0 aliphatic heterocycles. The second-order valence-electron chi connectivity index (χ2n) is 8.11. The number of carboxylic acid groups (broad SMARTS) is 1. The van der Waals surface area contributed by atoms with E-state index in [2.05, 4.69) is 5.16 Å². The van der Waals surface area contributed by atoms with E-state index in [1.807, 2.05) is 32.0 Å². The summed E-state index contributed by atoms with van der Waals surface area (Å²) in [6, 6.07) is 18.9. The maximum absolute atomic E-state index is 13.4. The SMILES string of the molecule is [2H]C(c1ccccc1OCCc1cc(C(=O)O)no1)N(C(=O)c1ccc(-c2ccco2)cc1)C(C)C. The van der Waals surface area contributed by atoms with Gasteiger partial charge in [-0.15, -0.1) is 0 Å². The molecular formula is C27H26N2O6. The molecule has 0 fully saturated rings. The average molecular weight is 476 g/mol. The van der Waals surface area contributed by atoms with Gasteiger partial charge in [0.1, 0.15) is 17.3 Å². The van der Waals surface area contributed by atoms with Crippen molar-refractivity contribution in [1.29, 1.82) is 0 Å². The average Bonchev–Trinajstić information content (AvgIpc) is 3.57. The third kappa shape index (κ3) is 5.78. The molecule has 2 aromatic carbocycles. The quantitative estimate of drug-likeness (QED) is 0.331. The number of carboxylic acids is 1. The van der Waals surface area contributed by atoms with E-state index >= 15 is 0 Å². The molecular weight excluding hydrogens is 448 g/mol. The zero-order valence-corrected chi connectivity index (χ0v) is 19.4. The smallest absolute Gasteiger partial charge is 0.358 e. The van der Waals surface area contributed by atoms with Gasteiger partial charge < -0.3 is 23.7 Å². The molecule has 0 bridgehead atoms. The first kappa shape index (κ1) is 22.5. The van der Waals surface area contributed by atoms with Crippen molar-refractivity contribution in [2.24, 2.45) is 0 Å². The predicted molar refractivity (Wildman–Crippen MR) is 128 cm³/mol. The topological polar surface area (TPSA) is 106 Å². The maximum Gasteiger partial charge on any atom is 0.358 e. The van der Waals surface area contributed by atoms with Gasteiger partial charge in [0, 0.05) is 41.7 Å². The Bertz CT molecular complexity index is 1310. The van der Waals surface area contributed by atoms with Crippen molar-refractivity contribution in [2.45, 2.75) is 32.8 Å². The Kier molecular flexibility index (Phi) is 6.89. The van der Waals surface area contributed by atoms with Crippen molar-refractivity contribution in [3.63, 3.8) is 0 Å². The Balaban J connectivity index is 1.49. The fourth-order valence-corrected chi connectivity index (χ4v) is 3.47. The first-order valence-corrected chi connectivity index (χ1v) is 11.1. The van der Waals surface area contributed by atoms with Gasteiger partial charge in [0.05, 0.1) is 14.2 Å². The fourth-order valence-electron chi connectivity index (χ4n) is 3.47. The highest BCUT2D eigenvalue weighted by molar-refractivity contribution is 5.94.